The van der Waals surface area contributed by atoms with E-state index in [2.05, 4.69) is 0 Å². The van der Waals surface area contributed by atoms with Gasteiger partial charge < -0.3 is 5.73 Å². The van der Waals surface area contributed by atoms with Gasteiger partial charge in [0.1, 0.15) is 5.82 Å². The molecule has 2 aromatic rings. The Kier molecular flexibility index (Phi) is 3.25. The molecule has 2 heteroatoms. The summed E-state index contributed by atoms with van der Waals surface area (Å²) in [5.74, 6) is -0.215. The zero-order valence-corrected chi connectivity index (χ0v) is 10.1. The van der Waals surface area contributed by atoms with Crippen LogP contribution in [0.5, 0.6) is 0 Å². The summed E-state index contributed by atoms with van der Waals surface area (Å²) in [6.45, 7) is 3.96. The van der Waals surface area contributed by atoms with Crippen molar-refractivity contribution in [2.75, 3.05) is 0 Å². The molecule has 2 aromatic carbocycles. The summed E-state index contributed by atoms with van der Waals surface area (Å²) in [6, 6.07) is 12.7. The van der Waals surface area contributed by atoms with Crippen LogP contribution in [-0.4, -0.2) is 0 Å². The van der Waals surface area contributed by atoms with Gasteiger partial charge in [-0.1, -0.05) is 24.3 Å². The minimum absolute atomic E-state index is 0.0112. The maximum Gasteiger partial charge on any atom is 0.123 e. The van der Waals surface area contributed by atoms with Gasteiger partial charge in [-0.05, 0) is 54.3 Å². The lowest BCUT2D eigenvalue weighted by Crippen LogP contribution is -2.05. The van der Waals surface area contributed by atoms with Crippen LogP contribution in [0.25, 0.3) is 11.1 Å². The molecule has 17 heavy (non-hydrogen) atoms. The molecule has 0 fully saturated rings. The fourth-order valence-corrected chi connectivity index (χ4v) is 1.89. The first-order valence-electron chi connectivity index (χ1n) is 5.70. The number of nitrogens with two attached hydrogens (primary N) is 1. The molecular weight excluding hydrogens is 213 g/mol. The van der Waals surface area contributed by atoms with Gasteiger partial charge >= 0.3 is 0 Å². The van der Waals surface area contributed by atoms with Crippen LogP contribution in [0.1, 0.15) is 24.1 Å². The molecule has 1 atom stereocenters. The van der Waals surface area contributed by atoms with E-state index in [1.165, 1.54) is 6.07 Å². The van der Waals surface area contributed by atoms with E-state index in [1.807, 2.05) is 38.1 Å². The largest absolute Gasteiger partial charge is 0.324 e. The smallest absolute Gasteiger partial charge is 0.123 e. The van der Waals surface area contributed by atoms with Gasteiger partial charge in [0.15, 0.2) is 0 Å². The van der Waals surface area contributed by atoms with Gasteiger partial charge in [0, 0.05) is 6.04 Å². The number of benzene rings is 2. The number of halogens is 1. The van der Waals surface area contributed by atoms with Gasteiger partial charge in [0.2, 0.25) is 0 Å². The van der Waals surface area contributed by atoms with E-state index in [-0.39, 0.29) is 11.9 Å². The van der Waals surface area contributed by atoms with Crippen LogP contribution in [0.4, 0.5) is 4.39 Å². The topological polar surface area (TPSA) is 26.0 Å². The highest BCUT2D eigenvalue weighted by Crippen LogP contribution is 2.26. The Balaban J connectivity index is 2.54. The molecule has 1 nitrogen and oxygen atoms in total. The maximum atomic E-state index is 13.2. The van der Waals surface area contributed by atoms with Gasteiger partial charge in [-0.15, -0.1) is 0 Å². The van der Waals surface area contributed by atoms with Crippen molar-refractivity contribution in [3.8, 4) is 11.1 Å². The highest BCUT2D eigenvalue weighted by atomic mass is 19.1. The van der Waals surface area contributed by atoms with Gasteiger partial charge in [0.25, 0.3) is 0 Å². The van der Waals surface area contributed by atoms with E-state index >= 15 is 0 Å². The molecule has 0 bridgehead atoms. The van der Waals surface area contributed by atoms with E-state index in [1.54, 1.807) is 12.1 Å². The van der Waals surface area contributed by atoms with E-state index < -0.39 is 0 Å². The Labute approximate surface area is 101 Å². The summed E-state index contributed by atoms with van der Waals surface area (Å²) in [5.41, 5.74) is 9.99. The predicted molar refractivity (Wildman–Crippen MR) is 69.2 cm³/mol. The van der Waals surface area contributed by atoms with Crippen LogP contribution in [-0.2, 0) is 0 Å². The van der Waals surface area contributed by atoms with Crippen LogP contribution in [0, 0.1) is 12.7 Å². The van der Waals surface area contributed by atoms with Crippen molar-refractivity contribution in [2.24, 2.45) is 5.73 Å². The third-order valence-electron chi connectivity index (χ3n) is 2.92. The third kappa shape index (κ3) is 2.53. The molecule has 0 aliphatic heterocycles. The zero-order chi connectivity index (χ0) is 12.4. The Morgan fingerprint density at radius 3 is 2.53 bits per heavy atom. The van der Waals surface area contributed by atoms with Crippen LogP contribution < -0.4 is 5.73 Å². The predicted octanol–water partition coefficient (Wildman–Crippen LogP) is 3.82. The number of hydrogen-bond donors (Lipinski definition) is 1. The first kappa shape index (κ1) is 11.8. The molecule has 0 aromatic heterocycles. The molecule has 0 spiro atoms. The Morgan fingerprint density at radius 1 is 1.12 bits per heavy atom. The summed E-state index contributed by atoms with van der Waals surface area (Å²) in [5, 5.41) is 0. The SMILES string of the molecule is Cc1ccc(C(C)N)cc1-c1cccc(F)c1. The second-order valence-electron chi connectivity index (χ2n) is 4.37. The summed E-state index contributed by atoms with van der Waals surface area (Å²) in [4.78, 5) is 0. The van der Waals surface area contributed by atoms with E-state index in [0.717, 1.165) is 22.3 Å². The molecule has 0 aliphatic carbocycles. The standard InChI is InChI=1S/C15H16FN/c1-10-6-7-12(11(2)17)9-15(10)13-4-3-5-14(16)8-13/h3-9,11H,17H2,1-2H3. The maximum absolute atomic E-state index is 13.2. The van der Waals surface area contributed by atoms with E-state index in [0.29, 0.717) is 0 Å². The first-order valence-corrected chi connectivity index (χ1v) is 5.70. The molecule has 0 radical (unpaired) electrons. The quantitative estimate of drug-likeness (QED) is 0.832. The summed E-state index contributed by atoms with van der Waals surface area (Å²) >= 11 is 0. The van der Waals surface area contributed by atoms with Crippen molar-refractivity contribution in [2.45, 2.75) is 19.9 Å². The van der Waals surface area contributed by atoms with Gasteiger partial charge in [-0.2, -0.15) is 0 Å². The molecule has 1 unspecified atom stereocenters. The summed E-state index contributed by atoms with van der Waals surface area (Å²) in [7, 11) is 0. The summed E-state index contributed by atoms with van der Waals surface area (Å²) in [6.07, 6.45) is 0. The van der Waals surface area contributed by atoms with Crippen LogP contribution >= 0.6 is 0 Å². The number of aryl methyl sites for hydroxylation is 1. The molecule has 0 saturated heterocycles. The van der Waals surface area contributed by atoms with Crippen molar-refractivity contribution in [1.29, 1.82) is 0 Å². The monoisotopic (exact) mass is 229 g/mol. The molecule has 0 amide bonds. The fourth-order valence-electron chi connectivity index (χ4n) is 1.89. The van der Waals surface area contributed by atoms with E-state index in [4.69, 9.17) is 5.73 Å². The lowest BCUT2D eigenvalue weighted by Gasteiger charge is -2.11. The Bertz CT molecular complexity index is 532. The zero-order valence-electron chi connectivity index (χ0n) is 10.1. The lowest BCUT2D eigenvalue weighted by molar-refractivity contribution is 0.628. The molecule has 2 N–H and O–H groups in total. The number of rotatable bonds is 2. The second-order valence-corrected chi connectivity index (χ2v) is 4.37. The molecular formula is C15H16FN. The van der Waals surface area contributed by atoms with Crippen molar-refractivity contribution in [3.63, 3.8) is 0 Å². The molecule has 88 valence electrons. The van der Waals surface area contributed by atoms with Crippen LogP contribution in [0.3, 0.4) is 0 Å². The highest BCUT2D eigenvalue weighted by Gasteiger charge is 2.06. The van der Waals surface area contributed by atoms with Crippen molar-refractivity contribution >= 4 is 0 Å². The van der Waals surface area contributed by atoms with Crippen LogP contribution in [0.2, 0.25) is 0 Å². The van der Waals surface area contributed by atoms with Crippen LogP contribution in [0.15, 0.2) is 42.5 Å². The molecule has 0 aliphatic rings. The Morgan fingerprint density at radius 2 is 1.88 bits per heavy atom. The third-order valence-corrected chi connectivity index (χ3v) is 2.92. The van der Waals surface area contributed by atoms with Crippen molar-refractivity contribution in [1.82, 2.24) is 0 Å². The average molecular weight is 229 g/mol. The molecule has 2 rings (SSSR count). The van der Waals surface area contributed by atoms with Crippen molar-refractivity contribution in [3.05, 3.63) is 59.4 Å². The average Bonchev–Trinajstić information content (AvgIpc) is 2.29. The van der Waals surface area contributed by atoms with Gasteiger partial charge in [0.05, 0.1) is 0 Å². The summed E-state index contributed by atoms with van der Waals surface area (Å²) < 4.78 is 13.2. The Hall–Kier alpha value is -1.67. The normalized spacial score (nSPS) is 12.5. The van der Waals surface area contributed by atoms with Crippen molar-refractivity contribution < 1.29 is 4.39 Å². The first-order chi connectivity index (χ1) is 8.08. The molecule has 0 saturated carbocycles. The fraction of sp³-hybridized carbons (Fsp3) is 0.200. The second kappa shape index (κ2) is 4.68. The highest BCUT2D eigenvalue weighted by molar-refractivity contribution is 5.68. The molecule has 0 heterocycles. The van der Waals surface area contributed by atoms with Gasteiger partial charge in [-0.3, -0.25) is 0 Å². The van der Waals surface area contributed by atoms with Gasteiger partial charge in [-0.25, -0.2) is 4.39 Å². The minimum Gasteiger partial charge on any atom is -0.324 e. The number of hydrogen-bond acceptors (Lipinski definition) is 1. The lowest BCUT2D eigenvalue weighted by atomic mass is 9.96. The minimum atomic E-state index is -0.215. The van der Waals surface area contributed by atoms with E-state index in [9.17, 15) is 4.39 Å².